The van der Waals surface area contributed by atoms with Gasteiger partial charge in [-0.3, -0.25) is 4.68 Å². The van der Waals surface area contributed by atoms with Gasteiger partial charge in [0.15, 0.2) is 5.75 Å². The van der Waals surface area contributed by atoms with Gasteiger partial charge in [-0.25, -0.2) is 0 Å². The molecule has 2 rings (SSSR count). The van der Waals surface area contributed by atoms with E-state index in [9.17, 15) is 0 Å². The molecular weight excluding hydrogens is 285 g/mol. The van der Waals surface area contributed by atoms with Crippen LogP contribution >= 0.6 is 23.2 Å². The molecule has 19 heavy (non-hydrogen) atoms. The van der Waals surface area contributed by atoms with Crippen LogP contribution in [0.5, 0.6) is 5.75 Å². The molecule has 4 nitrogen and oxygen atoms in total. The number of hydrogen-bond donors (Lipinski definition) is 1. The molecule has 1 heterocycles. The van der Waals surface area contributed by atoms with Crippen molar-refractivity contribution in [1.29, 1.82) is 0 Å². The average molecular weight is 300 g/mol. The van der Waals surface area contributed by atoms with Crippen LogP contribution in [-0.2, 0) is 7.05 Å². The Hall–Kier alpha value is -1.23. The first-order chi connectivity index (χ1) is 9.08. The number of halogens is 2. The number of benzene rings is 1. The fraction of sp³-hybridized carbons (Fsp3) is 0.308. The van der Waals surface area contributed by atoms with E-state index >= 15 is 0 Å². The van der Waals surface area contributed by atoms with Gasteiger partial charge in [-0.2, -0.15) is 5.10 Å². The van der Waals surface area contributed by atoms with Crippen molar-refractivity contribution in [2.75, 3.05) is 14.2 Å². The third-order valence-electron chi connectivity index (χ3n) is 3.00. The van der Waals surface area contributed by atoms with Crippen LogP contribution in [-0.4, -0.2) is 23.9 Å². The van der Waals surface area contributed by atoms with Crippen molar-refractivity contribution in [3.63, 3.8) is 0 Å². The Balaban J connectivity index is 2.52. The quantitative estimate of drug-likeness (QED) is 0.943. The van der Waals surface area contributed by atoms with Crippen molar-refractivity contribution in [3.8, 4) is 5.75 Å². The molecule has 1 N–H and O–H groups in total. The minimum atomic E-state index is -0.118. The summed E-state index contributed by atoms with van der Waals surface area (Å²) < 4.78 is 7.11. The van der Waals surface area contributed by atoms with Gasteiger partial charge in [-0.1, -0.05) is 29.3 Å². The van der Waals surface area contributed by atoms with Gasteiger partial charge in [0.1, 0.15) is 5.69 Å². The first-order valence-electron chi connectivity index (χ1n) is 5.76. The predicted octanol–water partition coefficient (Wildman–Crippen LogP) is 3.04. The number of ether oxygens (including phenoxy) is 1. The molecule has 0 bridgehead atoms. The van der Waals surface area contributed by atoms with E-state index in [1.807, 2.05) is 26.2 Å². The van der Waals surface area contributed by atoms with Crippen LogP contribution < -0.4 is 10.1 Å². The zero-order valence-corrected chi connectivity index (χ0v) is 12.5. The molecule has 0 saturated heterocycles. The van der Waals surface area contributed by atoms with E-state index < -0.39 is 0 Å². The summed E-state index contributed by atoms with van der Waals surface area (Å²) in [5.74, 6) is 0.716. The molecule has 0 aliphatic carbocycles. The summed E-state index contributed by atoms with van der Waals surface area (Å²) in [6.07, 6.45) is 1.68. The first kappa shape index (κ1) is 14.2. The SMILES string of the molecule is CNC(c1ccc(Cl)cc1Cl)c1c(OC)cnn1C. The highest BCUT2D eigenvalue weighted by atomic mass is 35.5. The van der Waals surface area contributed by atoms with E-state index in [4.69, 9.17) is 27.9 Å². The number of rotatable bonds is 4. The number of aryl methyl sites for hydroxylation is 1. The fourth-order valence-corrected chi connectivity index (χ4v) is 2.61. The molecule has 0 amide bonds. The van der Waals surface area contributed by atoms with Crippen LogP contribution in [0.2, 0.25) is 10.0 Å². The molecule has 1 aromatic carbocycles. The summed E-state index contributed by atoms with van der Waals surface area (Å²) in [5, 5.41) is 8.66. The molecule has 0 radical (unpaired) electrons. The Morgan fingerprint density at radius 1 is 1.37 bits per heavy atom. The van der Waals surface area contributed by atoms with Gasteiger partial charge in [0.25, 0.3) is 0 Å². The molecule has 0 fully saturated rings. The number of nitrogens with zero attached hydrogens (tertiary/aromatic N) is 2. The fourth-order valence-electron chi connectivity index (χ4n) is 2.09. The van der Waals surface area contributed by atoms with Gasteiger partial charge in [-0.15, -0.1) is 0 Å². The highest BCUT2D eigenvalue weighted by molar-refractivity contribution is 6.35. The summed E-state index contributed by atoms with van der Waals surface area (Å²) >= 11 is 12.2. The molecule has 2 aromatic rings. The summed E-state index contributed by atoms with van der Waals surface area (Å²) in [6, 6.07) is 5.33. The summed E-state index contributed by atoms with van der Waals surface area (Å²) in [5.41, 5.74) is 1.84. The van der Waals surface area contributed by atoms with Crippen molar-refractivity contribution in [2.24, 2.45) is 7.05 Å². The van der Waals surface area contributed by atoms with E-state index in [1.165, 1.54) is 0 Å². The van der Waals surface area contributed by atoms with Crippen LogP contribution in [0.1, 0.15) is 17.3 Å². The van der Waals surface area contributed by atoms with Gasteiger partial charge in [-0.05, 0) is 24.7 Å². The third-order valence-corrected chi connectivity index (χ3v) is 3.57. The van der Waals surface area contributed by atoms with E-state index in [-0.39, 0.29) is 6.04 Å². The van der Waals surface area contributed by atoms with E-state index in [1.54, 1.807) is 24.1 Å². The molecule has 1 atom stereocenters. The van der Waals surface area contributed by atoms with E-state index in [0.29, 0.717) is 15.8 Å². The van der Waals surface area contributed by atoms with Crippen LogP contribution in [0.25, 0.3) is 0 Å². The van der Waals surface area contributed by atoms with Crippen LogP contribution in [0.15, 0.2) is 24.4 Å². The summed E-state index contributed by atoms with van der Waals surface area (Å²) in [4.78, 5) is 0. The standard InChI is InChI=1S/C13H15Cl2N3O/c1-16-12(9-5-4-8(14)6-10(9)15)13-11(19-3)7-17-18(13)2/h4-7,12,16H,1-3H3. The lowest BCUT2D eigenvalue weighted by atomic mass is 10.0. The molecule has 0 aliphatic rings. The van der Waals surface area contributed by atoms with Crippen molar-refractivity contribution < 1.29 is 4.74 Å². The number of aromatic nitrogens is 2. The maximum Gasteiger partial charge on any atom is 0.161 e. The van der Waals surface area contributed by atoms with Crippen molar-refractivity contribution in [3.05, 3.63) is 45.7 Å². The maximum absolute atomic E-state index is 6.27. The maximum atomic E-state index is 6.27. The predicted molar refractivity (Wildman–Crippen MR) is 77.1 cm³/mol. The zero-order chi connectivity index (χ0) is 14.0. The van der Waals surface area contributed by atoms with Gasteiger partial charge in [0.2, 0.25) is 0 Å². The monoisotopic (exact) mass is 299 g/mol. The van der Waals surface area contributed by atoms with Crippen molar-refractivity contribution in [1.82, 2.24) is 15.1 Å². The van der Waals surface area contributed by atoms with Crippen LogP contribution in [0.3, 0.4) is 0 Å². The van der Waals surface area contributed by atoms with Crippen molar-refractivity contribution in [2.45, 2.75) is 6.04 Å². The second-order valence-electron chi connectivity index (χ2n) is 4.11. The Labute approximate surface area is 122 Å². The third kappa shape index (κ3) is 2.71. The largest absolute Gasteiger partial charge is 0.493 e. The molecule has 0 aliphatic heterocycles. The molecule has 0 spiro atoms. The minimum Gasteiger partial charge on any atom is -0.493 e. The first-order valence-corrected chi connectivity index (χ1v) is 6.52. The van der Waals surface area contributed by atoms with Gasteiger partial charge in [0.05, 0.1) is 19.3 Å². The van der Waals surface area contributed by atoms with Gasteiger partial charge >= 0.3 is 0 Å². The smallest absolute Gasteiger partial charge is 0.161 e. The average Bonchev–Trinajstić information content (AvgIpc) is 2.74. The highest BCUT2D eigenvalue weighted by Crippen LogP contribution is 2.34. The van der Waals surface area contributed by atoms with Crippen LogP contribution in [0, 0.1) is 0 Å². The Bertz CT molecular complexity index is 583. The Morgan fingerprint density at radius 3 is 2.68 bits per heavy atom. The molecule has 102 valence electrons. The van der Waals surface area contributed by atoms with Crippen molar-refractivity contribution >= 4 is 23.2 Å². The highest BCUT2D eigenvalue weighted by Gasteiger charge is 2.23. The molecule has 0 saturated carbocycles. The second kappa shape index (κ2) is 5.82. The molecule has 1 aromatic heterocycles. The van der Waals surface area contributed by atoms with E-state index in [2.05, 4.69) is 10.4 Å². The molecule has 1 unspecified atom stereocenters. The zero-order valence-electron chi connectivity index (χ0n) is 10.9. The Morgan fingerprint density at radius 2 is 2.11 bits per heavy atom. The summed E-state index contributed by atoms with van der Waals surface area (Å²) in [7, 11) is 5.35. The lowest BCUT2D eigenvalue weighted by molar-refractivity contribution is 0.402. The topological polar surface area (TPSA) is 39.1 Å². The lowest BCUT2D eigenvalue weighted by Crippen LogP contribution is -2.21. The van der Waals surface area contributed by atoms with Gasteiger partial charge in [0, 0.05) is 17.1 Å². The Kier molecular flexibility index (Phi) is 4.34. The number of nitrogens with one attached hydrogen (secondary N) is 1. The minimum absolute atomic E-state index is 0.118. The number of methoxy groups -OCH3 is 1. The molecule has 6 heteroatoms. The second-order valence-corrected chi connectivity index (χ2v) is 4.95. The summed E-state index contributed by atoms with van der Waals surface area (Å²) in [6.45, 7) is 0. The van der Waals surface area contributed by atoms with Gasteiger partial charge < -0.3 is 10.1 Å². The number of hydrogen-bond acceptors (Lipinski definition) is 3. The molecular formula is C13H15Cl2N3O. The van der Waals surface area contributed by atoms with Crippen LogP contribution in [0.4, 0.5) is 0 Å². The lowest BCUT2D eigenvalue weighted by Gasteiger charge is -2.19. The van der Waals surface area contributed by atoms with E-state index in [0.717, 1.165) is 11.3 Å². The normalized spacial score (nSPS) is 12.5.